The molecular weight excluding hydrogens is 366 g/mol. The number of carbonyl (C=O) groups excluding carboxylic acids is 1. The molecule has 2 heterocycles. The lowest BCUT2D eigenvalue weighted by molar-refractivity contribution is -0.116. The summed E-state index contributed by atoms with van der Waals surface area (Å²) in [6, 6.07) is 8.03. The van der Waals surface area contributed by atoms with Crippen LogP contribution in [-0.2, 0) is 21.4 Å². The molecule has 1 aliphatic rings. The molecule has 0 unspecified atom stereocenters. The van der Waals surface area contributed by atoms with Gasteiger partial charge in [0.1, 0.15) is 6.54 Å². The summed E-state index contributed by atoms with van der Waals surface area (Å²) < 4.78 is 27.8. The van der Waals surface area contributed by atoms with Crippen LogP contribution < -0.4 is 10.9 Å². The third-order valence-corrected chi connectivity index (χ3v) is 6.65. The van der Waals surface area contributed by atoms with Crippen molar-refractivity contribution in [2.45, 2.75) is 38.1 Å². The number of benzene rings is 1. The number of anilines is 1. The second kappa shape index (κ2) is 7.66. The van der Waals surface area contributed by atoms with Crippen molar-refractivity contribution in [3.8, 4) is 0 Å². The maximum atomic E-state index is 12.7. The van der Waals surface area contributed by atoms with Gasteiger partial charge in [0.15, 0.2) is 0 Å². The zero-order valence-corrected chi connectivity index (χ0v) is 16.3. The Morgan fingerprint density at radius 2 is 1.78 bits per heavy atom. The number of hydrogen-bond acceptors (Lipinski definition) is 4. The Hall–Kier alpha value is -2.45. The van der Waals surface area contributed by atoms with Crippen LogP contribution >= 0.6 is 0 Å². The fourth-order valence-electron chi connectivity index (χ4n) is 3.04. The molecule has 1 N–H and O–H groups in total. The summed E-state index contributed by atoms with van der Waals surface area (Å²) in [5, 5.41) is 2.74. The third kappa shape index (κ3) is 4.28. The molecule has 1 aliphatic heterocycles. The topological polar surface area (TPSA) is 88.5 Å². The fraction of sp³-hybridized carbons (Fsp3) is 0.368. The lowest BCUT2D eigenvalue weighted by Crippen LogP contribution is -2.31. The largest absolute Gasteiger partial charge is 0.325 e. The Labute approximate surface area is 158 Å². The van der Waals surface area contributed by atoms with Gasteiger partial charge in [-0.2, -0.15) is 4.31 Å². The number of aromatic nitrogens is 1. The lowest BCUT2D eigenvalue weighted by Gasteiger charge is -2.16. The number of carbonyl (C=O) groups is 1. The summed E-state index contributed by atoms with van der Waals surface area (Å²) in [7, 11) is -3.64. The monoisotopic (exact) mass is 389 g/mol. The van der Waals surface area contributed by atoms with E-state index in [1.807, 2.05) is 26.0 Å². The molecule has 7 nitrogen and oxygen atoms in total. The smallest absolute Gasteiger partial charge is 0.251 e. The van der Waals surface area contributed by atoms with E-state index >= 15 is 0 Å². The van der Waals surface area contributed by atoms with Crippen molar-refractivity contribution in [3.05, 3.63) is 58.0 Å². The molecule has 2 aromatic rings. The predicted octanol–water partition coefficient (Wildman–Crippen LogP) is 1.89. The number of sulfonamides is 1. The minimum atomic E-state index is -3.64. The molecule has 0 saturated carbocycles. The van der Waals surface area contributed by atoms with Gasteiger partial charge in [-0.3, -0.25) is 9.59 Å². The van der Waals surface area contributed by atoms with Crippen molar-refractivity contribution in [1.82, 2.24) is 8.87 Å². The van der Waals surface area contributed by atoms with Crippen LogP contribution in [-0.4, -0.2) is 36.3 Å². The SMILES string of the molecule is Cc1ccc(NC(=O)Cn2cc(S(=O)(=O)N3CCCC3)ccc2=O)cc1C. The van der Waals surface area contributed by atoms with E-state index in [1.54, 1.807) is 6.07 Å². The highest BCUT2D eigenvalue weighted by Crippen LogP contribution is 2.20. The molecule has 1 aromatic heterocycles. The van der Waals surface area contributed by atoms with E-state index in [0.717, 1.165) is 28.5 Å². The van der Waals surface area contributed by atoms with Crippen molar-refractivity contribution in [1.29, 1.82) is 0 Å². The lowest BCUT2D eigenvalue weighted by atomic mass is 10.1. The number of rotatable bonds is 5. The molecule has 144 valence electrons. The van der Waals surface area contributed by atoms with Gasteiger partial charge in [-0.15, -0.1) is 0 Å². The minimum absolute atomic E-state index is 0.0305. The molecule has 0 bridgehead atoms. The van der Waals surface area contributed by atoms with Crippen LogP contribution in [0.3, 0.4) is 0 Å². The number of amides is 1. The average Bonchev–Trinajstić information content (AvgIpc) is 3.15. The van der Waals surface area contributed by atoms with Crippen LogP contribution in [0.1, 0.15) is 24.0 Å². The van der Waals surface area contributed by atoms with Crippen LogP contribution in [0.25, 0.3) is 0 Å². The summed E-state index contributed by atoms with van der Waals surface area (Å²) in [5.41, 5.74) is 2.37. The van der Waals surface area contributed by atoms with Crippen LogP contribution in [0, 0.1) is 13.8 Å². The zero-order valence-electron chi connectivity index (χ0n) is 15.4. The first-order valence-electron chi connectivity index (χ1n) is 8.85. The maximum Gasteiger partial charge on any atom is 0.251 e. The van der Waals surface area contributed by atoms with Crippen LogP contribution in [0.5, 0.6) is 0 Å². The van der Waals surface area contributed by atoms with Gasteiger partial charge in [-0.05, 0) is 56.0 Å². The van der Waals surface area contributed by atoms with Crippen LogP contribution in [0.15, 0.2) is 46.2 Å². The Morgan fingerprint density at radius 3 is 2.44 bits per heavy atom. The number of pyridine rings is 1. The first kappa shape index (κ1) is 19.3. The second-order valence-electron chi connectivity index (χ2n) is 6.79. The van der Waals surface area contributed by atoms with Gasteiger partial charge in [0.05, 0.1) is 4.90 Å². The standard InChI is InChI=1S/C19H23N3O4S/c1-14-5-6-16(11-15(14)2)20-18(23)13-21-12-17(7-8-19(21)24)27(25,26)22-9-3-4-10-22/h5-8,11-12H,3-4,9-10,13H2,1-2H3,(H,20,23). The molecule has 1 amide bonds. The van der Waals surface area contributed by atoms with E-state index in [-0.39, 0.29) is 11.4 Å². The zero-order chi connectivity index (χ0) is 19.6. The number of hydrogen-bond donors (Lipinski definition) is 1. The van der Waals surface area contributed by atoms with Gasteiger partial charge < -0.3 is 9.88 Å². The van der Waals surface area contributed by atoms with Crippen LogP contribution in [0.2, 0.25) is 0 Å². The summed E-state index contributed by atoms with van der Waals surface area (Å²) in [4.78, 5) is 24.4. The van der Waals surface area contributed by atoms with Crippen molar-refractivity contribution in [3.63, 3.8) is 0 Å². The molecule has 1 aromatic carbocycles. The average molecular weight is 389 g/mol. The van der Waals surface area contributed by atoms with E-state index in [0.29, 0.717) is 18.8 Å². The molecule has 0 spiro atoms. The molecule has 27 heavy (non-hydrogen) atoms. The summed E-state index contributed by atoms with van der Waals surface area (Å²) >= 11 is 0. The fourth-order valence-corrected chi connectivity index (χ4v) is 4.58. The Morgan fingerprint density at radius 1 is 1.07 bits per heavy atom. The van der Waals surface area contributed by atoms with Gasteiger partial charge in [-0.1, -0.05) is 6.07 Å². The van der Waals surface area contributed by atoms with Crippen molar-refractivity contribution < 1.29 is 13.2 Å². The molecule has 3 rings (SSSR count). The second-order valence-corrected chi connectivity index (χ2v) is 8.73. The third-order valence-electron chi connectivity index (χ3n) is 4.76. The molecular formula is C19H23N3O4S. The highest BCUT2D eigenvalue weighted by molar-refractivity contribution is 7.89. The number of aryl methyl sites for hydroxylation is 2. The number of nitrogens with zero attached hydrogens (tertiary/aromatic N) is 2. The molecule has 0 radical (unpaired) electrons. The van der Waals surface area contributed by atoms with Crippen LogP contribution in [0.4, 0.5) is 5.69 Å². The van der Waals surface area contributed by atoms with Crippen molar-refractivity contribution >= 4 is 21.6 Å². The van der Waals surface area contributed by atoms with E-state index in [2.05, 4.69) is 5.32 Å². The van der Waals surface area contributed by atoms with Gasteiger partial charge >= 0.3 is 0 Å². The van der Waals surface area contributed by atoms with Gasteiger partial charge in [0, 0.05) is 31.0 Å². The summed E-state index contributed by atoms with van der Waals surface area (Å²) in [6.07, 6.45) is 2.91. The van der Waals surface area contributed by atoms with Crippen molar-refractivity contribution in [2.24, 2.45) is 0 Å². The Kier molecular flexibility index (Phi) is 5.48. The highest BCUT2D eigenvalue weighted by Gasteiger charge is 2.27. The first-order chi connectivity index (χ1) is 12.8. The van der Waals surface area contributed by atoms with Gasteiger partial charge in [-0.25, -0.2) is 8.42 Å². The van der Waals surface area contributed by atoms with E-state index in [9.17, 15) is 18.0 Å². The molecule has 8 heteroatoms. The van der Waals surface area contributed by atoms with E-state index in [4.69, 9.17) is 0 Å². The maximum absolute atomic E-state index is 12.7. The highest BCUT2D eigenvalue weighted by atomic mass is 32.2. The predicted molar refractivity (Wildman–Crippen MR) is 103 cm³/mol. The number of nitrogens with one attached hydrogen (secondary N) is 1. The molecule has 1 fully saturated rings. The molecule has 0 aliphatic carbocycles. The first-order valence-corrected chi connectivity index (χ1v) is 10.3. The summed E-state index contributed by atoms with van der Waals surface area (Å²) in [6.45, 7) is 4.63. The Bertz CT molecular complexity index is 1020. The quantitative estimate of drug-likeness (QED) is 0.846. The van der Waals surface area contributed by atoms with E-state index in [1.165, 1.54) is 22.6 Å². The molecule has 1 saturated heterocycles. The van der Waals surface area contributed by atoms with E-state index < -0.39 is 21.5 Å². The Balaban J connectivity index is 1.79. The van der Waals surface area contributed by atoms with Crippen molar-refractivity contribution in [2.75, 3.05) is 18.4 Å². The normalized spacial score (nSPS) is 15.0. The molecule has 0 atom stereocenters. The van der Waals surface area contributed by atoms with Gasteiger partial charge in [0.2, 0.25) is 15.9 Å². The summed E-state index contributed by atoms with van der Waals surface area (Å²) in [5.74, 6) is -0.393. The van der Waals surface area contributed by atoms with Gasteiger partial charge in [0.25, 0.3) is 5.56 Å². The minimum Gasteiger partial charge on any atom is -0.325 e.